The van der Waals surface area contributed by atoms with Gasteiger partial charge in [0, 0.05) is 22.8 Å². The third kappa shape index (κ3) is 3.79. The predicted molar refractivity (Wildman–Crippen MR) is 97.2 cm³/mol. The Morgan fingerprint density at radius 3 is 2.36 bits per heavy atom. The molecule has 0 aliphatic heterocycles. The minimum atomic E-state index is -0.370. The fourth-order valence-electron chi connectivity index (χ4n) is 2.72. The van der Waals surface area contributed by atoms with Crippen LogP contribution in [0.25, 0.3) is 16.5 Å². The third-order valence-corrected chi connectivity index (χ3v) is 4.06. The van der Waals surface area contributed by atoms with Gasteiger partial charge < -0.3 is 9.47 Å². The molecule has 128 valence electrons. The summed E-state index contributed by atoms with van der Waals surface area (Å²) >= 11 is 0. The van der Waals surface area contributed by atoms with Gasteiger partial charge in [-0.3, -0.25) is 4.79 Å². The number of carbonyl (C=O) groups is 2. The topological polar surface area (TPSA) is 52.6 Å². The highest BCUT2D eigenvalue weighted by molar-refractivity contribution is 6.17. The summed E-state index contributed by atoms with van der Waals surface area (Å²) in [6.45, 7) is 5.96. The molecule has 0 atom stereocenters. The van der Waals surface area contributed by atoms with Crippen LogP contribution in [0.2, 0.25) is 0 Å². The zero-order valence-electron chi connectivity index (χ0n) is 14.2. The first-order valence-electron chi connectivity index (χ1n) is 8.31. The van der Waals surface area contributed by atoms with Crippen molar-refractivity contribution in [2.75, 3.05) is 13.2 Å². The van der Waals surface area contributed by atoms with E-state index >= 15 is 0 Å². The number of fused-ring (bicyclic) bond motifs is 2. The molecule has 4 heteroatoms. The molecule has 4 nitrogen and oxygen atoms in total. The maximum atomic E-state index is 12.2. The van der Waals surface area contributed by atoms with E-state index in [1.54, 1.807) is 13.0 Å². The fraction of sp³-hybridized carbons (Fsp3) is 0.238. The van der Waals surface area contributed by atoms with E-state index in [-0.39, 0.29) is 11.8 Å². The first-order chi connectivity index (χ1) is 12.1. The molecule has 3 rings (SSSR count). The molecule has 1 aliphatic rings. The summed E-state index contributed by atoms with van der Waals surface area (Å²) in [5, 5.41) is 2.13. The molecule has 25 heavy (non-hydrogen) atoms. The lowest BCUT2D eigenvalue weighted by Crippen LogP contribution is -2.06. The van der Waals surface area contributed by atoms with Gasteiger partial charge in [0.1, 0.15) is 5.76 Å². The molecule has 0 fully saturated rings. The van der Waals surface area contributed by atoms with Gasteiger partial charge in [-0.1, -0.05) is 30.8 Å². The normalized spacial score (nSPS) is 12.7. The number of hydrogen-bond donors (Lipinski definition) is 0. The number of hydrogen-bond acceptors (Lipinski definition) is 4. The molecule has 0 aromatic heterocycles. The van der Waals surface area contributed by atoms with E-state index in [4.69, 9.17) is 9.47 Å². The Hall–Kier alpha value is -2.88. The summed E-state index contributed by atoms with van der Waals surface area (Å²) < 4.78 is 10.8. The van der Waals surface area contributed by atoms with Crippen LogP contribution in [-0.2, 0) is 14.3 Å². The largest absolute Gasteiger partial charge is 0.493 e. The minimum Gasteiger partial charge on any atom is -0.493 e. The van der Waals surface area contributed by atoms with E-state index in [1.165, 1.54) is 0 Å². The lowest BCUT2D eigenvalue weighted by Gasteiger charge is -2.10. The van der Waals surface area contributed by atoms with Crippen LogP contribution in [0.4, 0.5) is 0 Å². The number of esters is 1. The molecule has 2 aromatic carbocycles. The summed E-state index contributed by atoms with van der Waals surface area (Å²) in [6.07, 6.45) is 2.98. The Kier molecular flexibility index (Phi) is 4.98. The molecular formula is C21H20O4. The smallest absolute Gasteiger partial charge is 0.333 e. The van der Waals surface area contributed by atoms with E-state index in [0.29, 0.717) is 36.5 Å². The highest BCUT2D eigenvalue weighted by Gasteiger charge is 2.23. The molecule has 0 spiro atoms. The number of unbranched alkanes of at least 4 members (excludes halogenated alkanes) is 1. The van der Waals surface area contributed by atoms with Gasteiger partial charge in [0.15, 0.2) is 5.78 Å². The Bertz CT molecular complexity index is 877. The van der Waals surface area contributed by atoms with E-state index in [2.05, 4.69) is 6.58 Å². The van der Waals surface area contributed by atoms with Gasteiger partial charge in [0.2, 0.25) is 0 Å². The molecule has 0 saturated carbocycles. The molecule has 1 aliphatic carbocycles. The minimum absolute atomic E-state index is 0.0221. The van der Waals surface area contributed by atoms with Crippen LogP contribution in [0, 0.1) is 0 Å². The second-order valence-corrected chi connectivity index (χ2v) is 6.09. The number of rotatable bonds is 7. The second-order valence-electron chi connectivity index (χ2n) is 6.09. The van der Waals surface area contributed by atoms with Crippen molar-refractivity contribution in [2.24, 2.45) is 0 Å². The van der Waals surface area contributed by atoms with Crippen molar-refractivity contribution in [1.29, 1.82) is 0 Å². The number of allylic oxidation sites excluding steroid dienone is 1. The Balaban J connectivity index is 1.56. The van der Waals surface area contributed by atoms with Crippen LogP contribution >= 0.6 is 0 Å². The van der Waals surface area contributed by atoms with Crippen molar-refractivity contribution in [2.45, 2.75) is 19.8 Å². The molecule has 0 bridgehead atoms. The first-order valence-corrected chi connectivity index (χ1v) is 8.31. The number of benzene rings is 2. The highest BCUT2D eigenvalue weighted by atomic mass is 16.5. The van der Waals surface area contributed by atoms with E-state index in [9.17, 15) is 9.59 Å². The molecule has 0 amide bonds. The summed E-state index contributed by atoms with van der Waals surface area (Å²) in [4.78, 5) is 23.4. The fourth-order valence-corrected chi connectivity index (χ4v) is 2.72. The lowest BCUT2D eigenvalue weighted by atomic mass is 10.0. The first kappa shape index (κ1) is 17.0. The van der Waals surface area contributed by atoms with Crippen LogP contribution < -0.4 is 0 Å². The average Bonchev–Trinajstić information content (AvgIpc) is 2.91. The SMILES string of the molecule is C=C(C)C(=O)OCCCCOC1=CC(=O)c2cc3ccccc3cc21. The average molecular weight is 336 g/mol. The van der Waals surface area contributed by atoms with Gasteiger partial charge in [-0.15, -0.1) is 0 Å². The summed E-state index contributed by atoms with van der Waals surface area (Å²) in [5.41, 5.74) is 1.93. The zero-order chi connectivity index (χ0) is 17.8. The molecule has 0 heterocycles. The van der Waals surface area contributed by atoms with Gasteiger partial charge >= 0.3 is 5.97 Å². The van der Waals surface area contributed by atoms with Crippen LogP contribution in [0.5, 0.6) is 0 Å². The summed E-state index contributed by atoms with van der Waals surface area (Å²) in [6, 6.07) is 11.9. The lowest BCUT2D eigenvalue weighted by molar-refractivity contribution is -0.139. The second kappa shape index (κ2) is 7.34. The summed E-state index contributed by atoms with van der Waals surface area (Å²) in [7, 11) is 0. The molecule has 0 N–H and O–H groups in total. The van der Waals surface area contributed by atoms with E-state index in [1.807, 2.05) is 36.4 Å². The monoisotopic (exact) mass is 336 g/mol. The Labute approximate surface area is 146 Å². The van der Waals surface area contributed by atoms with Crippen LogP contribution in [0.3, 0.4) is 0 Å². The number of carbonyl (C=O) groups excluding carboxylic acids is 2. The quantitative estimate of drug-likeness (QED) is 0.430. The zero-order valence-corrected chi connectivity index (χ0v) is 14.2. The predicted octanol–water partition coefficient (Wildman–Crippen LogP) is 4.29. The van der Waals surface area contributed by atoms with Crippen molar-refractivity contribution >= 4 is 28.3 Å². The van der Waals surface area contributed by atoms with Crippen molar-refractivity contribution < 1.29 is 19.1 Å². The van der Waals surface area contributed by atoms with E-state index in [0.717, 1.165) is 22.8 Å². The van der Waals surface area contributed by atoms with Gasteiger partial charge in [-0.2, -0.15) is 0 Å². The summed E-state index contributed by atoms with van der Waals surface area (Å²) in [5.74, 6) is 0.224. The molecule has 2 aromatic rings. The maximum absolute atomic E-state index is 12.2. The van der Waals surface area contributed by atoms with Crippen LogP contribution in [0.1, 0.15) is 35.7 Å². The molecular weight excluding hydrogens is 316 g/mol. The number of ketones is 1. The van der Waals surface area contributed by atoms with Crippen LogP contribution in [0.15, 0.2) is 54.6 Å². The Morgan fingerprint density at radius 2 is 1.68 bits per heavy atom. The van der Waals surface area contributed by atoms with E-state index < -0.39 is 0 Å². The van der Waals surface area contributed by atoms with Gasteiger partial charge in [0.05, 0.1) is 13.2 Å². The number of ether oxygens (including phenoxy) is 2. The molecule has 0 unspecified atom stereocenters. The van der Waals surface area contributed by atoms with Crippen molar-refractivity contribution in [3.05, 3.63) is 65.8 Å². The van der Waals surface area contributed by atoms with Gasteiger partial charge in [-0.25, -0.2) is 4.79 Å². The molecule has 0 radical (unpaired) electrons. The van der Waals surface area contributed by atoms with Gasteiger partial charge in [0.25, 0.3) is 0 Å². The highest BCUT2D eigenvalue weighted by Crippen LogP contribution is 2.32. The Morgan fingerprint density at radius 1 is 1.04 bits per heavy atom. The standard InChI is InChI=1S/C21H20O4/c1-14(2)21(23)25-10-6-5-9-24-20-13-19(22)17-11-15-7-3-4-8-16(15)12-18(17)20/h3-4,7-8,11-13H,1,5-6,9-10H2,2H3. The third-order valence-electron chi connectivity index (χ3n) is 4.06. The van der Waals surface area contributed by atoms with Crippen molar-refractivity contribution in [1.82, 2.24) is 0 Å². The molecule has 0 saturated heterocycles. The van der Waals surface area contributed by atoms with Gasteiger partial charge in [-0.05, 0) is 42.7 Å². The van der Waals surface area contributed by atoms with Crippen LogP contribution in [-0.4, -0.2) is 25.0 Å². The maximum Gasteiger partial charge on any atom is 0.333 e. The van der Waals surface area contributed by atoms with Crippen molar-refractivity contribution in [3.8, 4) is 0 Å². The van der Waals surface area contributed by atoms with Crippen molar-refractivity contribution in [3.63, 3.8) is 0 Å².